The zero-order valence-corrected chi connectivity index (χ0v) is 32.1. The number of piperidine rings is 2. The van der Waals surface area contributed by atoms with Gasteiger partial charge in [-0.15, -0.1) is 0 Å². The Labute approximate surface area is 334 Å². The van der Waals surface area contributed by atoms with E-state index in [1.807, 2.05) is 0 Å². The maximum absolute atomic E-state index is 15.2. The molecule has 0 bridgehead atoms. The van der Waals surface area contributed by atoms with E-state index >= 15 is 4.39 Å². The largest absolute Gasteiger partial charge is 0.446 e. The first-order valence-electron chi connectivity index (χ1n) is 20.1. The van der Waals surface area contributed by atoms with Crippen molar-refractivity contribution in [3.63, 3.8) is 0 Å². The van der Waals surface area contributed by atoms with E-state index in [9.17, 15) is 23.6 Å². The summed E-state index contributed by atoms with van der Waals surface area (Å²) in [4.78, 5) is 63.9. The number of carbonyl (C=O) groups excluding carboxylic acids is 3. The number of hydrogen-bond acceptors (Lipinski definition) is 11. The van der Waals surface area contributed by atoms with Crippen molar-refractivity contribution in [3.05, 3.63) is 95.0 Å². The number of rotatable bonds is 9. The van der Waals surface area contributed by atoms with Crippen LogP contribution in [0.3, 0.4) is 0 Å². The number of amides is 3. The van der Waals surface area contributed by atoms with Crippen molar-refractivity contribution in [2.24, 2.45) is 0 Å². The smallest absolute Gasteiger partial charge is 0.410 e. The summed E-state index contributed by atoms with van der Waals surface area (Å²) >= 11 is 0. The van der Waals surface area contributed by atoms with Crippen molar-refractivity contribution in [3.8, 4) is 16.9 Å². The summed E-state index contributed by atoms with van der Waals surface area (Å²) in [5.41, 5.74) is 2.08. The third-order valence-corrected chi connectivity index (χ3v) is 11.7. The van der Waals surface area contributed by atoms with E-state index in [4.69, 9.17) is 4.74 Å². The lowest BCUT2D eigenvalue weighted by Crippen LogP contribution is -2.52. The molecule has 16 heteroatoms. The summed E-state index contributed by atoms with van der Waals surface area (Å²) in [7, 11) is 0. The van der Waals surface area contributed by atoms with Crippen molar-refractivity contribution in [1.82, 2.24) is 29.7 Å². The van der Waals surface area contributed by atoms with Crippen LogP contribution in [0.25, 0.3) is 16.9 Å². The second kappa shape index (κ2) is 17.3. The summed E-state index contributed by atoms with van der Waals surface area (Å²) < 4.78 is 37.6. The molecule has 0 unspecified atom stereocenters. The third-order valence-electron chi connectivity index (χ3n) is 11.7. The number of benzene rings is 2. The van der Waals surface area contributed by atoms with E-state index in [0.29, 0.717) is 80.1 Å². The molecule has 3 N–H and O–H groups in total. The lowest BCUT2D eigenvalue weighted by atomic mass is 9.91. The van der Waals surface area contributed by atoms with Crippen LogP contribution in [-0.2, 0) is 14.3 Å². The van der Waals surface area contributed by atoms with Crippen molar-refractivity contribution in [2.45, 2.75) is 75.6 Å². The number of likely N-dealkylation sites (tertiary alicyclic amines) is 1. The van der Waals surface area contributed by atoms with E-state index in [1.54, 1.807) is 59.6 Å². The number of hydrogen-bond donors (Lipinski definition) is 3. The van der Waals surface area contributed by atoms with Crippen LogP contribution in [0.2, 0.25) is 0 Å². The predicted molar refractivity (Wildman–Crippen MR) is 214 cm³/mol. The van der Waals surface area contributed by atoms with Crippen LogP contribution in [0.4, 0.5) is 30.9 Å². The van der Waals surface area contributed by atoms with E-state index in [-0.39, 0.29) is 47.6 Å². The SMILES string of the molecule is O=C1CC[C@@H](Nc2ccc(N3CCN([C@H]4CC[C@H](OC(=O)N5CCC(Nc6ncc(F)c(-c7cccc(-n8ccccc8=O)c7)n6)CC5)CC4)CC3)c(F)c2)C(=O)N1. The highest BCUT2D eigenvalue weighted by molar-refractivity contribution is 6.01. The lowest BCUT2D eigenvalue weighted by Gasteiger charge is -2.42. The zero-order chi connectivity index (χ0) is 40.2. The average Bonchev–Trinajstić information content (AvgIpc) is 3.23. The summed E-state index contributed by atoms with van der Waals surface area (Å²) in [6.07, 6.45) is 7.74. The molecule has 3 saturated heterocycles. The number of nitrogens with zero attached hydrogens (tertiary/aromatic N) is 6. The molecule has 4 aliphatic rings. The Morgan fingerprint density at radius 1 is 0.810 bits per heavy atom. The number of imide groups is 1. The average molecular weight is 796 g/mol. The topological polar surface area (TPSA) is 154 Å². The Hall–Kier alpha value is -5.90. The van der Waals surface area contributed by atoms with Crippen molar-refractivity contribution in [1.29, 1.82) is 0 Å². The van der Waals surface area contributed by atoms with Crippen molar-refractivity contribution in [2.75, 3.05) is 54.8 Å². The summed E-state index contributed by atoms with van der Waals surface area (Å²) in [5.74, 6) is -1.32. The maximum Gasteiger partial charge on any atom is 0.410 e. The highest BCUT2D eigenvalue weighted by Crippen LogP contribution is 2.30. The first-order valence-corrected chi connectivity index (χ1v) is 20.1. The van der Waals surface area contributed by atoms with Crippen LogP contribution in [-0.4, -0.2) is 106 Å². The van der Waals surface area contributed by atoms with Crippen LogP contribution in [0.1, 0.15) is 51.4 Å². The number of piperazine rings is 1. The lowest BCUT2D eigenvalue weighted by molar-refractivity contribution is -0.133. The molecule has 3 amide bonds. The number of ether oxygens (including phenoxy) is 1. The summed E-state index contributed by atoms with van der Waals surface area (Å²) in [5, 5.41) is 8.66. The fourth-order valence-electron chi connectivity index (χ4n) is 8.43. The van der Waals surface area contributed by atoms with E-state index in [2.05, 4.69) is 35.7 Å². The molecule has 1 saturated carbocycles. The molecular weight excluding hydrogens is 749 g/mol. The second-order valence-electron chi connectivity index (χ2n) is 15.4. The van der Waals surface area contributed by atoms with Crippen LogP contribution in [0.15, 0.2) is 77.9 Å². The Morgan fingerprint density at radius 2 is 1.60 bits per heavy atom. The van der Waals surface area contributed by atoms with Crippen LogP contribution in [0.5, 0.6) is 0 Å². The standard InChI is InChI=1S/C42H47F2N9O5/c43-33-25-29(46-35-12-14-37(54)48-40(35)56)7-13-36(33)51-22-20-50(21-23-51)30-8-10-32(11-9-30)58-42(57)52-18-15-28(16-19-52)47-41-45-26-34(44)39(49-41)27-4-3-5-31(24-27)53-17-2-1-6-38(53)55/h1-7,13,17,24-26,28,30,32,35,46H,8-12,14-16,18-23H2,(H,45,47,49)(H,48,54,56)/t30-,32-,35-/m1/s1. The van der Waals surface area contributed by atoms with E-state index < -0.39 is 17.8 Å². The van der Waals surface area contributed by atoms with Gasteiger partial charge in [-0.25, -0.2) is 23.5 Å². The molecule has 304 valence electrons. The molecule has 4 fully saturated rings. The van der Waals surface area contributed by atoms with Gasteiger partial charge in [0.25, 0.3) is 5.56 Å². The number of carbonyl (C=O) groups is 3. The number of nitrogens with one attached hydrogen (secondary N) is 3. The van der Waals surface area contributed by atoms with Gasteiger partial charge in [0.1, 0.15) is 23.7 Å². The molecular formula is C42H47F2N9O5. The molecule has 1 aliphatic carbocycles. The van der Waals surface area contributed by atoms with Gasteiger partial charge in [0, 0.05) is 87.0 Å². The number of halogens is 2. The quantitative estimate of drug-likeness (QED) is 0.198. The zero-order valence-electron chi connectivity index (χ0n) is 32.1. The van der Waals surface area contributed by atoms with Gasteiger partial charge in [0.2, 0.25) is 17.8 Å². The minimum Gasteiger partial charge on any atom is -0.446 e. The van der Waals surface area contributed by atoms with Crippen LogP contribution in [0, 0.1) is 11.6 Å². The number of pyridine rings is 1. The number of aromatic nitrogens is 3. The maximum atomic E-state index is 15.2. The molecule has 14 nitrogen and oxygen atoms in total. The molecule has 1 atom stereocenters. The highest BCUT2D eigenvalue weighted by atomic mass is 19.1. The molecule has 0 spiro atoms. The first kappa shape index (κ1) is 38.9. The van der Waals surface area contributed by atoms with Gasteiger partial charge in [0.15, 0.2) is 5.82 Å². The fourth-order valence-corrected chi connectivity index (χ4v) is 8.43. The monoisotopic (exact) mass is 795 g/mol. The van der Waals surface area contributed by atoms with Gasteiger partial charge in [-0.1, -0.05) is 18.2 Å². The van der Waals surface area contributed by atoms with Gasteiger partial charge >= 0.3 is 6.09 Å². The molecule has 0 radical (unpaired) electrons. The molecule has 2 aromatic carbocycles. The van der Waals surface area contributed by atoms with Gasteiger partial charge in [-0.3, -0.25) is 29.2 Å². The predicted octanol–water partition coefficient (Wildman–Crippen LogP) is 4.94. The molecule has 5 heterocycles. The molecule has 2 aromatic heterocycles. The normalized spacial score (nSPS) is 22.0. The van der Waals surface area contributed by atoms with E-state index in [1.165, 1.54) is 16.7 Å². The molecule has 8 rings (SSSR count). The first-order chi connectivity index (χ1) is 28.2. The summed E-state index contributed by atoms with van der Waals surface area (Å²) in [6.45, 7) is 4.02. The van der Waals surface area contributed by atoms with Gasteiger partial charge < -0.3 is 25.2 Å². The minimum atomic E-state index is -0.573. The molecule has 4 aromatic rings. The van der Waals surface area contributed by atoms with Gasteiger partial charge in [-0.2, -0.15) is 0 Å². The summed E-state index contributed by atoms with van der Waals surface area (Å²) in [6, 6.07) is 16.6. The van der Waals surface area contributed by atoms with Gasteiger partial charge in [-0.05, 0) is 81.3 Å². The van der Waals surface area contributed by atoms with Crippen LogP contribution >= 0.6 is 0 Å². The Balaban J connectivity index is 0.760. The van der Waals surface area contributed by atoms with Crippen molar-refractivity contribution >= 4 is 35.2 Å². The van der Waals surface area contributed by atoms with Crippen molar-refractivity contribution < 1.29 is 27.9 Å². The Bertz CT molecular complexity index is 2200. The highest BCUT2D eigenvalue weighted by Gasteiger charge is 2.33. The third kappa shape index (κ3) is 8.96. The van der Waals surface area contributed by atoms with E-state index in [0.717, 1.165) is 45.0 Å². The fraction of sp³-hybridized carbons (Fsp3) is 0.429. The van der Waals surface area contributed by atoms with Crippen LogP contribution < -0.4 is 26.4 Å². The molecule has 58 heavy (non-hydrogen) atoms. The van der Waals surface area contributed by atoms with Gasteiger partial charge in [0.05, 0.1) is 11.9 Å². The number of anilines is 3. The minimum absolute atomic E-state index is 0.00893. The second-order valence-corrected chi connectivity index (χ2v) is 15.4. The Morgan fingerprint density at radius 3 is 2.34 bits per heavy atom. The molecule has 3 aliphatic heterocycles. The Kier molecular flexibility index (Phi) is 11.6.